The van der Waals surface area contributed by atoms with Gasteiger partial charge in [-0.2, -0.15) is 13.5 Å². The molecule has 0 bridgehead atoms. The largest absolute Gasteiger partial charge is 0.493 e. The van der Waals surface area contributed by atoms with E-state index in [1.54, 1.807) is 12.1 Å². The number of hydrogen-bond donors (Lipinski definition) is 1. The van der Waals surface area contributed by atoms with E-state index in [0.717, 1.165) is 23.8 Å². The van der Waals surface area contributed by atoms with Crippen LogP contribution in [0, 0.1) is 27.2 Å². The lowest BCUT2D eigenvalue weighted by Crippen LogP contribution is -2.11. The molecule has 0 heterocycles. The van der Waals surface area contributed by atoms with Gasteiger partial charge in [0, 0.05) is 6.07 Å². The molecule has 0 atom stereocenters. The fraction of sp³-hybridized carbons (Fsp3) is 0.0952. The number of nitro benzene ring substituents is 2. The number of benzene rings is 3. The molecule has 14 heteroatoms. The Morgan fingerprint density at radius 3 is 2.31 bits per heavy atom. The first kappa shape index (κ1) is 25.6. The molecule has 0 aliphatic carbocycles. The van der Waals surface area contributed by atoms with Crippen LogP contribution >= 0.6 is 15.9 Å². The van der Waals surface area contributed by atoms with Crippen LogP contribution in [0.1, 0.15) is 11.1 Å². The minimum Gasteiger partial charge on any atom is -0.493 e. The third-order valence-electron chi connectivity index (χ3n) is 4.54. The van der Waals surface area contributed by atoms with Crippen molar-refractivity contribution >= 4 is 49.3 Å². The molecule has 0 aromatic heterocycles. The number of hydrazone groups is 1. The van der Waals surface area contributed by atoms with Crippen LogP contribution in [-0.2, 0) is 10.1 Å². The van der Waals surface area contributed by atoms with Gasteiger partial charge in [0.1, 0.15) is 10.6 Å². The predicted molar refractivity (Wildman–Crippen MR) is 131 cm³/mol. The monoisotopic (exact) mass is 564 g/mol. The zero-order chi connectivity index (χ0) is 25.8. The fourth-order valence-electron chi connectivity index (χ4n) is 2.81. The molecule has 182 valence electrons. The van der Waals surface area contributed by atoms with Crippen LogP contribution in [0.2, 0.25) is 0 Å². The molecule has 3 aromatic carbocycles. The molecule has 35 heavy (non-hydrogen) atoms. The minimum absolute atomic E-state index is 0.0309. The lowest BCUT2D eigenvalue weighted by Gasteiger charge is -2.13. The zero-order valence-corrected chi connectivity index (χ0v) is 20.6. The molecule has 0 radical (unpaired) electrons. The highest BCUT2D eigenvalue weighted by molar-refractivity contribution is 9.10. The van der Waals surface area contributed by atoms with E-state index in [4.69, 9.17) is 8.92 Å². The Balaban J connectivity index is 1.85. The SMILES string of the molecule is COc1cc(/C=N\Nc2ccc([N+](=O)[O-])cc2[N+](=O)[O-])cc(Br)c1OS(=O)(=O)c1ccc(C)cc1. The van der Waals surface area contributed by atoms with Crippen molar-refractivity contribution in [1.82, 2.24) is 0 Å². The van der Waals surface area contributed by atoms with Gasteiger partial charge < -0.3 is 8.92 Å². The van der Waals surface area contributed by atoms with E-state index in [2.05, 4.69) is 26.5 Å². The van der Waals surface area contributed by atoms with Crippen molar-refractivity contribution in [2.45, 2.75) is 11.8 Å². The molecule has 1 N–H and O–H groups in total. The number of halogens is 1. The van der Waals surface area contributed by atoms with Crippen molar-refractivity contribution < 1.29 is 27.2 Å². The van der Waals surface area contributed by atoms with Crippen LogP contribution in [0.4, 0.5) is 17.1 Å². The Labute approximate surface area is 207 Å². The number of nitro groups is 2. The number of aryl methyl sites for hydroxylation is 1. The first-order chi connectivity index (χ1) is 16.5. The number of nitrogens with one attached hydrogen (secondary N) is 1. The zero-order valence-electron chi connectivity index (χ0n) is 18.2. The van der Waals surface area contributed by atoms with Gasteiger partial charge in [-0.05, 0) is 58.7 Å². The molecule has 0 spiro atoms. The highest BCUT2D eigenvalue weighted by Crippen LogP contribution is 2.38. The van der Waals surface area contributed by atoms with E-state index in [1.807, 2.05) is 6.92 Å². The minimum atomic E-state index is -4.14. The van der Waals surface area contributed by atoms with Crippen molar-refractivity contribution in [3.05, 3.63) is 90.4 Å². The predicted octanol–water partition coefficient (Wildman–Crippen LogP) is 4.80. The lowest BCUT2D eigenvalue weighted by molar-refractivity contribution is -0.393. The lowest BCUT2D eigenvalue weighted by atomic mass is 10.2. The highest BCUT2D eigenvalue weighted by Gasteiger charge is 2.22. The van der Waals surface area contributed by atoms with Crippen molar-refractivity contribution in [2.24, 2.45) is 5.10 Å². The Kier molecular flexibility index (Phi) is 7.66. The molecule has 0 saturated carbocycles. The normalized spacial score (nSPS) is 11.3. The van der Waals surface area contributed by atoms with Gasteiger partial charge in [0.25, 0.3) is 5.69 Å². The van der Waals surface area contributed by atoms with Gasteiger partial charge in [-0.25, -0.2) is 0 Å². The van der Waals surface area contributed by atoms with E-state index in [9.17, 15) is 28.6 Å². The van der Waals surface area contributed by atoms with Gasteiger partial charge in [0.05, 0.1) is 33.7 Å². The number of non-ortho nitro benzene ring substituents is 1. The number of rotatable bonds is 9. The second-order valence-corrected chi connectivity index (χ2v) is 9.37. The van der Waals surface area contributed by atoms with Gasteiger partial charge in [-0.1, -0.05) is 17.7 Å². The van der Waals surface area contributed by atoms with Gasteiger partial charge in [-0.3, -0.25) is 25.7 Å². The van der Waals surface area contributed by atoms with Crippen LogP contribution in [0.5, 0.6) is 11.5 Å². The summed E-state index contributed by atoms with van der Waals surface area (Å²) in [5, 5.41) is 26.0. The summed E-state index contributed by atoms with van der Waals surface area (Å²) in [5.74, 6) is 0.00187. The molecule has 0 amide bonds. The molecule has 12 nitrogen and oxygen atoms in total. The first-order valence-electron chi connectivity index (χ1n) is 9.62. The molecule has 0 aliphatic rings. The summed E-state index contributed by atoms with van der Waals surface area (Å²) in [6, 6.07) is 12.2. The van der Waals surface area contributed by atoms with E-state index < -0.39 is 31.3 Å². The topological polar surface area (TPSA) is 163 Å². The van der Waals surface area contributed by atoms with Crippen molar-refractivity contribution in [2.75, 3.05) is 12.5 Å². The summed E-state index contributed by atoms with van der Waals surface area (Å²) in [6.45, 7) is 1.83. The van der Waals surface area contributed by atoms with Gasteiger partial charge >= 0.3 is 15.8 Å². The summed E-state index contributed by atoms with van der Waals surface area (Å²) >= 11 is 3.26. The van der Waals surface area contributed by atoms with Gasteiger partial charge in [0.2, 0.25) is 0 Å². The van der Waals surface area contributed by atoms with Crippen molar-refractivity contribution in [1.29, 1.82) is 0 Å². The van der Waals surface area contributed by atoms with E-state index in [1.165, 1.54) is 37.6 Å². The standard InChI is InChI=1S/C21H17BrN4O8S/c1-13-3-6-16(7-4-13)35(31,32)34-21-17(22)9-14(10-20(21)33-2)12-23-24-18-8-5-15(25(27)28)11-19(18)26(29)30/h3-12,24H,1-2H3/b23-12-. The third-order valence-corrected chi connectivity index (χ3v) is 6.37. The molecule has 0 unspecified atom stereocenters. The molecular formula is C21H17BrN4O8S. The average Bonchev–Trinajstić information content (AvgIpc) is 2.80. The average molecular weight is 565 g/mol. The van der Waals surface area contributed by atoms with Crippen LogP contribution in [0.3, 0.4) is 0 Å². The van der Waals surface area contributed by atoms with Crippen molar-refractivity contribution in [3.63, 3.8) is 0 Å². The van der Waals surface area contributed by atoms with Gasteiger partial charge in [0.15, 0.2) is 11.5 Å². The highest BCUT2D eigenvalue weighted by atomic mass is 79.9. The van der Waals surface area contributed by atoms with Crippen LogP contribution in [0.25, 0.3) is 0 Å². The second kappa shape index (κ2) is 10.5. The Morgan fingerprint density at radius 2 is 1.71 bits per heavy atom. The number of hydrogen-bond acceptors (Lipinski definition) is 10. The maximum Gasteiger partial charge on any atom is 0.339 e. The summed E-state index contributed by atoms with van der Waals surface area (Å²) in [6.07, 6.45) is 1.29. The number of anilines is 1. The van der Waals surface area contributed by atoms with Crippen LogP contribution in [0.15, 0.2) is 69.1 Å². The van der Waals surface area contributed by atoms with Crippen LogP contribution in [-0.4, -0.2) is 31.6 Å². The quantitative estimate of drug-likeness (QED) is 0.166. The molecule has 0 saturated heterocycles. The van der Waals surface area contributed by atoms with E-state index >= 15 is 0 Å². The van der Waals surface area contributed by atoms with Crippen molar-refractivity contribution in [3.8, 4) is 11.5 Å². The smallest absolute Gasteiger partial charge is 0.339 e. The maximum atomic E-state index is 12.7. The Morgan fingerprint density at radius 1 is 1.03 bits per heavy atom. The Bertz CT molecular complexity index is 1430. The fourth-order valence-corrected chi connectivity index (χ4v) is 4.42. The number of nitrogens with zero attached hydrogens (tertiary/aromatic N) is 3. The maximum absolute atomic E-state index is 12.7. The summed E-state index contributed by atoms with van der Waals surface area (Å²) in [4.78, 5) is 20.5. The molecule has 3 aromatic rings. The molecule has 3 rings (SSSR count). The summed E-state index contributed by atoms with van der Waals surface area (Å²) in [5.41, 5.74) is 2.75. The first-order valence-corrected chi connectivity index (χ1v) is 11.8. The number of ether oxygens (including phenoxy) is 1. The van der Waals surface area contributed by atoms with Crippen LogP contribution < -0.4 is 14.3 Å². The summed E-state index contributed by atoms with van der Waals surface area (Å²) in [7, 11) is -2.82. The molecule has 0 fully saturated rings. The third kappa shape index (κ3) is 6.10. The summed E-state index contributed by atoms with van der Waals surface area (Å²) < 4.78 is 36.1. The second-order valence-electron chi connectivity index (χ2n) is 6.97. The number of methoxy groups -OCH3 is 1. The Hall–Kier alpha value is -4.04. The van der Waals surface area contributed by atoms with E-state index in [0.29, 0.717) is 5.56 Å². The molecular weight excluding hydrogens is 548 g/mol. The molecule has 0 aliphatic heterocycles. The van der Waals surface area contributed by atoms with E-state index in [-0.39, 0.29) is 26.6 Å². The van der Waals surface area contributed by atoms with Gasteiger partial charge in [-0.15, -0.1) is 0 Å².